The Hall–Kier alpha value is -2.17. The predicted molar refractivity (Wildman–Crippen MR) is 67.3 cm³/mol. The van der Waals surface area contributed by atoms with E-state index >= 15 is 0 Å². The average molecular weight is 260 g/mol. The second-order valence-electron chi connectivity index (χ2n) is 4.67. The summed E-state index contributed by atoms with van der Waals surface area (Å²) in [7, 11) is 0. The number of fused-ring (bicyclic) bond motifs is 1. The summed E-state index contributed by atoms with van der Waals surface area (Å²) in [5.41, 5.74) is 3.32. The second-order valence-corrected chi connectivity index (χ2v) is 4.67. The molecule has 1 aliphatic rings. The number of hydrogen-bond acceptors (Lipinski definition) is 2. The van der Waals surface area contributed by atoms with Crippen LogP contribution in [0.4, 0.5) is 4.39 Å². The van der Waals surface area contributed by atoms with Crippen molar-refractivity contribution < 1.29 is 14.3 Å². The molecule has 0 radical (unpaired) electrons. The van der Waals surface area contributed by atoms with Crippen molar-refractivity contribution in [1.29, 1.82) is 0 Å². The summed E-state index contributed by atoms with van der Waals surface area (Å²) in [6, 6.07) is 6.13. The summed E-state index contributed by atoms with van der Waals surface area (Å²) < 4.78 is 14.9. The van der Waals surface area contributed by atoms with Gasteiger partial charge in [-0.15, -0.1) is 0 Å². The lowest BCUT2D eigenvalue weighted by Crippen LogP contribution is -2.03. The summed E-state index contributed by atoms with van der Waals surface area (Å²) >= 11 is 0. The van der Waals surface area contributed by atoms with Crippen LogP contribution in [0.3, 0.4) is 0 Å². The Balaban J connectivity index is 2.12. The lowest BCUT2D eigenvalue weighted by atomic mass is 10.0. The number of benzene rings is 1. The number of halogens is 1. The summed E-state index contributed by atoms with van der Waals surface area (Å²) in [6.07, 6.45) is 1.80. The van der Waals surface area contributed by atoms with E-state index in [4.69, 9.17) is 5.11 Å². The van der Waals surface area contributed by atoms with E-state index < -0.39 is 5.97 Å². The molecule has 0 spiro atoms. The first-order valence-electron chi connectivity index (χ1n) is 6.21. The third-order valence-electron chi connectivity index (χ3n) is 3.37. The van der Waals surface area contributed by atoms with Crippen LogP contribution in [0.25, 0.3) is 11.1 Å². The van der Waals surface area contributed by atoms with Gasteiger partial charge in [0, 0.05) is 17.8 Å². The van der Waals surface area contributed by atoms with Crippen LogP contribution >= 0.6 is 0 Å². The maximum Gasteiger partial charge on any atom is 0.309 e. The molecule has 1 N–H and O–H groups in total. The number of carbonyl (C=O) groups is 1. The second kappa shape index (κ2) is 4.50. The highest BCUT2D eigenvalue weighted by Crippen LogP contribution is 2.32. The largest absolute Gasteiger partial charge is 0.481 e. The van der Waals surface area contributed by atoms with Crippen LogP contribution in [0.5, 0.6) is 0 Å². The van der Waals surface area contributed by atoms with Crippen molar-refractivity contribution in [3.63, 3.8) is 0 Å². The fourth-order valence-electron chi connectivity index (χ4n) is 2.60. The zero-order valence-corrected chi connectivity index (χ0v) is 10.3. The van der Waals surface area contributed by atoms with E-state index in [2.05, 4.69) is 5.10 Å². The van der Waals surface area contributed by atoms with E-state index in [1.54, 1.807) is 12.1 Å². The molecule has 0 amide bonds. The number of carboxylic acids is 1. The van der Waals surface area contributed by atoms with E-state index in [0.29, 0.717) is 5.69 Å². The standard InChI is InChI=1S/C14H13FN2O2/c15-10-5-3-9(4-6-10)14-11(8-13(18)19)16-17-7-1-2-12(14)17/h3-6H,1-2,7-8H2,(H,18,19). The van der Waals surface area contributed by atoms with E-state index in [-0.39, 0.29) is 12.2 Å². The van der Waals surface area contributed by atoms with Crippen molar-refractivity contribution in [3.05, 3.63) is 41.5 Å². The van der Waals surface area contributed by atoms with Crippen molar-refractivity contribution in [2.45, 2.75) is 25.8 Å². The third-order valence-corrected chi connectivity index (χ3v) is 3.37. The Morgan fingerprint density at radius 2 is 2.11 bits per heavy atom. The minimum atomic E-state index is -0.903. The van der Waals surface area contributed by atoms with Gasteiger partial charge in [-0.1, -0.05) is 12.1 Å². The predicted octanol–water partition coefficient (Wildman–Crippen LogP) is 2.26. The Morgan fingerprint density at radius 1 is 1.37 bits per heavy atom. The molecule has 0 fully saturated rings. The normalized spacial score (nSPS) is 13.5. The van der Waals surface area contributed by atoms with Gasteiger partial charge in [0.2, 0.25) is 0 Å². The lowest BCUT2D eigenvalue weighted by molar-refractivity contribution is -0.136. The van der Waals surface area contributed by atoms with Gasteiger partial charge >= 0.3 is 5.97 Å². The molecule has 0 saturated heterocycles. The molecule has 1 aromatic heterocycles. The highest BCUT2D eigenvalue weighted by atomic mass is 19.1. The van der Waals surface area contributed by atoms with Crippen molar-refractivity contribution in [2.24, 2.45) is 0 Å². The monoisotopic (exact) mass is 260 g/mol. The molecule has 0 aliphatic carbocycles. The fourth-order valence-corrected chi connectivity index (χ4v) is 2.60. The van der Waals surface area contributed by atoms with E-state index in [1.807, 2.05) is 4.68 Å². The Kier molecular flexibility index (Phi) is 2.81. The quantitative estimate of drug-likeness (QED) is 0.921. The molecule has 0 saturated carbocycles. The Morgan fingerprint density at radius 3 is 2.79 bits per heavy atom. The number of aromatic nitrogens is 2. The number of hydrogen-bond donors (Lipinski definition) is 1. The molecule has 98 valence electrons. The van der Waals surface area contributed by atoms with Gasteiger partial charge < -0.3 is 5.11 Å². The minimum Gasteiger partial charge on any atom is -0.481 e. The van der Waals surface area contributed by atoms with Gasteiger partial charge in [-0.25, -0.2) is 4.39 Å². The van der Waals surface area contributed by atoms with Gasteiger partial charge in [0.1, 0.15) is 5.82 Å². The van der Waals surface area contributed by atoms with Gasteiger partial charge in [-0.2, -0.15) is 5.10 Å². The minimum absolute atomic E-state index is 0.104. The molecular formula is C14H13FN2O2. The molecule has 0 bridgehead atoms. The molecule has 1 aliphatic heterocycles. The Labute approximate surface area is 109 Å². The van der Waals surface area contributed by atoms with Gasteiger partial charge in [-0.3, -0.25) is 9.48 Å². The smallest absolute Gasteiger partial charge is 0.309 e. The zero-order valence-electron chi connectivity index (χ0n) is 10.3. The molecule has 1 aromatic carbocycles. The highest BCUT2D eigenvalue weighted by Gasteiger charge is 2.23. The molecule has 19 heavy (non-hydrogen) atoms. The molecule has 0 unspecified atom stereocenters. The number of aryl methyl sites for hydroxylation is 1. The molecule has 0 atom stereocenters. The summed E-state index contributed by atoms with van der Waals surface area (Å²) in [5.74, 6) is -1.20. The van der Waals surface area contributed by atoms with Crippen LogP contribution in [0.1, 0.15) is 17.8 Å². The first-order valence-corrected chi connectivity index (χ1v) is 6.21. The van der Waals surface area contributed by atoms with Crippen molar-refractivity contribution >= 4 is 5.97 Å². The van der Waals surface area contributed by atoms with Gasteiger partial charge in [-0.05, 0) is 30.5 Å². The van der Waals surface area contributed by atoms with Crippen molar-refractivity contribution in [2.75, 3.05) is 0 Å². The molecule has 5 heteroatoms. The van der Waals surface area contributed by atoms with Gasteiger partial charge in [0.15, 0.2) is 0 Å². The number of carboxylic acid groups (broad SMARTS) is 1. The van der Waals surface area contributed by atoms with Crippen LogP contribution in [-0.4, -0.2) is 20.9 Å². The molecule has 2 aromatic rings. The maximum absolute atomic E-state index is 13.0. The number of rotatable bonds is 3. The summed E-state index contributed by atoms with van der Waals surface area (Å²) in [6.45, 7) is 0.823. The van der Waals surface area contributed by atoms with E-state index in [9.17, 15) is 9.18 Å². The number of nitrogens with zero attached hydrogens (tertiary/aromatic N) is 2. The van der Waals surface area contributed by atoms with Gasteiger partial charge in [0.25, 0.3) is 0 Å². The SMILES string of the molecule is O=C(O)Cc1nn2c(c1-c1ccc(F)cc1)CCC2. The summed E-state index contributed by atoms with van der Waals surface area (Å²) in [5, 5.41) is 13.3. The number of aliphatic carboxylic acids is 1. The summed E-state index contributed by atoms with van der Waals surface area (Å²) in [4.78, 5) is 10.9. The first kappa shape index (κ1) is 11.9. The molecular weight excluding hydrogens is 247 g/mol. The van der Waals surface area contributed by atoms with E-state index in [0.717, 1.165) is 36.2 Å². The Bertz CT molecular complexity index is 632. The topological polar surface area (TPSA) is 55.1 Å². The lowest BCUT2D eigenvalue weighted by Gasteiger charge is -2.04. The van der Waals surface area contributed by atoms with Crippen molar-refractivity contribution in [3.8, 4) is 11.1 Å². The third kappa shape index (κ3) is 2.12. The van der Waals surface area contributed by atoms with Crippen LogP contribution in [-0.2, 0) is 24.2 Å². The van der Waals surface area contributed by atoms with E-state index in [1.165, 1.54) is 12.1 Å². The van der Waals surface area contributed by atoms with Crippen LogP contribution < -0.4 is 0 Å². The van der Waals surface area contributed by atoms with Crippen LogP contribution in [0, 0.1) is 5.82 Å². The zero-order chi connectivity index (χ0) is 13.4. The maximum atomic E-state index is 13.0. The van der Waals surface area contributed by atoms with Crippen LogP contribution in [0.15, 0.2) is 24.3 Å². The van der Waals surface area contributed by atoms with Crippen LogP contribution in [0.2, 0.25) is 0 Å². The fraction of sp³-hybridized carbons (Fsp3) is 0.286. The first-order chi connectivity index (χ1) is 9.15. The molecule has 3 rings (SSSR count). The molecule has 4 nitrogen and oxygen atoms in total. The molecule has 2 heterocycles. The van der Waals surface area contributed by atoms with Gasteiger partial charge in [0.05, 0.1) is 12.1 Å². The average Bonchev–Trinajstić information content (AvgIpc) is 2.90. The van der Waals surface area contributed by atoms with Crippen molar-refractivity contribution in [1.82, 2.24) is 9.78 Å². The highest BCUT2D eigenvalue weighted by molar-refractivity contribution is 5.77.